The quantitative estimate of drug-likeness (QED) is 0.914. The predicted molar refractivity (Wildman–Crippen MR) is 79.5 cm³/mol. The first-order chi connectivity index (χ1) is 9.77. The summed E-state index contributed by atoms with van der Waals surface area (Å²) in [7, 11) is 0. The van der Waals surface area contributed by atoms with Crippen LogP contribution in [-0.4, -0.2) is 38.1 Å². The van der Waals surface area contributed by atoms with Gasteiger partial charge in [-0.25, -0.2) is 0 Å². The Hall–Kier alpha value is -1.85. The molecule has 1 N–H and O–H groups in total. The number of hydrogen-bond donors (Lipinski definition) is 1. The van der Waals surface area contributed by atoms with Crippen molar-refractivity contribution in [3.8, 4) is 0 Å². The van der Waals surface area contributed by atoms with Crippen molar-refractivity contribution in [2.45, 2.75) is 65.2 Å². The van der Waals surface area contributed by atoms with Crippen molar-refractivity contribution in [2.24, 2.45) is 0 Å². The van der Waals surface area contributed by atoms with Crippen molar-refractivity contribution in [3.05, 3.63) is 18.0 Å². The lowest BCUT2D eigenvalue weighted by atomic mass is 9.94. The van der Waals surface area contributed by atoms with Gasteiger partial charge in [0, 0.05) is 12.2 Å². The molecule has 1 unspecified atom stereocenters. The predicted octanol–water partition coefficient (Wildman–Crippen LogP) is 1.48. The van der Waals surface area contributed by atoms with Crippen LogP contribution < -0.4 is 5.32 Å². The Bertz CT molecular complexity index is 548. The van der Waals surface area contributed by atoms with Crippen LogP contribution in [0.25, 0.3) is 0 Å². The van der Waals surface area contributed by atoms with E-state index in [1.165, 1.54) is 0 Å². The highest BCUT2D eigenvalue weighted by Gasteiger charge is 2.45. The van der Waals surface area contributed by atoms with E-state index in [1.54, 1.807) is 18.7 Å². The van der Waals surface area contributed by atoms with E-state index in [0.29, 0.717) is 13.0 Å². The Labute approximate surface area is 125 Å². The van der Waals surface area contributed by atoms with Gasteiger partial charge in [-0.2, -0.15) is 5.10 Å². The largest absolute Gasteiger partial charge is 0.342 e. The van der Waals surface area contributed by atoms with Gasteiger partial charge >= 0.3 is 0 Å². The molecule has 1 fully saturated rings. The summed E-state index contributed by atoms with van der Waals surface area (Å²) < 4.78 is 1.86. The lowest BCUT2D eigenvalue weighted by Gasteiger charge is -2.43. The van der Waals surface area contributed by atoms with E-state index in [1.807, 2.05) is 37.7 Å². The number of piperazine rings is 1. The summed E-state index contributed by atoms with van der Waals surface area (Å²) in [6.45, 7) is 9.89. The van der Waals surface area contributed by atoms with Crippen molar-refractivity contribution in [1.29, 1.82) is 0 Å². The molecule has 6 heteroatoms. The minimum atomic E-state index is -0.857. The van der Waals surface area contributed by atoms with E-state index in [0.717, 1.165) is 5.69 Å². The van der Waals surface area contributed by atoms with Crippen LogP contribution in [0.5, 0.6) is 0 Å². The second-order valence-corrected chi connectivity index (χ2v) is 6.30. The summed E-state index contributed by atoms with van der Waals surface area (Å²) in [6.07, 6.45) is 2.50. The Kier molecular flexibility index (Phi) is 4.07. The fourth-order valence-electron chi connectivity index (χ4n) is 2.45. The monoisotopic (exact) mass is 292 g/mol. The van der Waals surface area contributed by atoms with Crippen LogP contribution in [0.15, 0.2) is 12.3 Å². The Morgan fingerprint density at radius 3 is 2.57 bits per heavy atom. The standard InChI is InChI=1S/C15H24N4O2/c1-6-12-13(20)18(15(4,5)14(21)16-12)9-11-7-8-19(17-11)10(2)3/h7-8,10,12H,6,9H2,1-5H3,(H,16,21). The van der Waals surface area contributed by atoms with Crippen molar-refractivity contribution in [1.82, 2.24) is 20.0 Å². The zero-order valence-corrected chi connectivity index (χ0v) is 13.4. The number of hydrogen-bond acceptors (Lipinski definition) is 3. The van der Waals surface area contributed by atoms with Crippen molar-refractivity contribution >= 4 is 11.8 Å². The first kappa shape index (κ1) is 15.5. The van der Waals surface area contributed by atoms with Gasteiger partial charge in [0.2, 0.25) is 11.8 Å². The molecule has 0 aromatic carbocycles. The van der Waals surface area contributed by atoms with Gasteiger partial charge in [0.25, 0.3) is 0 Å². The topological polar surface area (TPSA) is 67.2 Å². The number of nitrogens with zero attached hydrogens (tertiary/aromatic N) is 3. The molecule has 1 aliphatic rings. The van der Waals surface area contributed by atoms with Crippen LogP contribution in [0.4, 0.5) is 0 Å². The minimum Gasteiger partial charge on any atom is -0.342 e. The smallest absolute Gasteiger partial charge is 0.246 e. The van der Waals surface area contributed by atoms with Crippen molar-refractivity contribution < 1.29 is 9.59 Å². The molecule has 1 aromatic rings. The molecule has 1 aromatic heterocycles. The summed E-state index contributed by atoms with van der Waals surface area (Å²) in [4.78, 5) is 26.4. The highest BCUT2D eigenvalue weighted by molar-refractivity contribution is 5.99. The Morgan fingerprint density at radius 1 is 1.38 bits per heavy atom. The van der Waals surface area contributed by atoms with Gasteiger partial charge in [-0.05, 0) is 40.2 Å². The summed E-state index contributed by atoms with van der Waals surface area (Å²) >= 11 is 0. The fourth-order valence-corrected chi connectivity index (χ4v) is 2.45. The molecule has 21 heavy (non-hydrogen) atoms. The third kappa shape index (κ3) is 2.80. The molecule has 1 atom stereocenters. The van der Waals surface area contributed by atoms with Crippen molar-refractivity contribution in [3.63, 3.8) is 0 Å². The van der Waals surface area contributed by atoms with Gasteiger partial charge in [0.15, 0.2) is 0 Å². The third-order valence-electron chi connectivity index (χ3n) is 4.02. The highest BCUT2D eigenvalue weighted by Crippen LogP contribution is 2.24. The molecular formula is C15H24N4O2. The lowest BCUT2D eigenvalue weighted by Crippen LogP contribution is -2.67. The molecule has 1 saturated heterocycles. The molecule has 2 amide bonds. The highest BCUT2D eigenvalue weighted by atomic mass is 16.2. The van der Waals surface area contributed by atoms with E-state index in [4.69, 9.17) is 0 Å². The fraction of sp³-hybridized carbons (Fsp3) is 0.667. The molecule has 2 rings (SSSR count). The summed E-state index contributed by atoms with van der Waals surface area (Å²) in [5.74, 6) is -0.154. The minimum absolute atomic E-state index is 0.0406. The third-order valence-corrected chi connectivity index (χ3v) is 4.02. The molecule has 0 spiro atoms. The first-order valence-corrected chi connectivity index (χ1v) is 7.43. The first-order valence-electron chi connectivity index (χ1n) is 7.43. The SMILES string of the molecule is CCC1NC(=O)C(C)(C)N(Cc2ccn(C(C)C)n2)C1=O. The summed E-state index contributed by atoms with van der Waals surface area (Å²) in [5, 5.41) is 7.26. The number of nitrogens with one attached hydrogen (secondary N) is 1. The Morgan fingerprint density at radius 2 is 2.05 bits per heavy atom. The zero-order chi connectivity index (χ0) is 15.8. The molecule has 2 heterocycles. The molecule has 1 aliphatic heterocycles. The summed E-state index contributed by atoms with van der Waals surface area (Å²) in [6, 6.07) is 1.74. The van der Waals surface area contributed by atoms with Gasteiger partial charge < -0.3 is 10.2 Å². The molecule has 0 saturated carbocycles. The molecular weight excluding hydrogens is 268 g/mol. The normalized spacial score (nSPS) is 21.8. The van der Waals surface area contributed by atoms with Gasteiger partial charge in [-0.3, -0.25) is 14.3 Å². The van der Waals surface area contributed by atoms with Crippen LogP contribution in [0, 0.1) is 0 Å². The molecule has 6 nitrogen and oxygen atoms in total. The van der Waals surface area contributed by atoms with Crippen LogP contribution in [0.3, 0.4) is 0 Å². The molecule has 0 bridgehead atoms. The maximum absolute atomic E-state index is 12.5. The number of rotatable bonds is 4. The number of amides is 2. The maximum atomic E-state index is 12.5. The lowest BCUT2D eigenvalue weighted by molar-refractivity contribution is -0.156. The van der Waals surface area contributed by atoms with Crippen LogP contribution in [0.2, 0.25) is 0 Å². The average Bonchev–Trinajstić information content (AvgIpc) is 2.88. The Balaban J connectivity index is 2.25. The van der Waals surface area contributed by atoms with E-state index >= 15 is 0 Å². The second kappa shape index (κ2) is 5.50. The van der Waals surface area contributed by atoms with Crippen LogP contribution >= 0.6 is 0 Å². The van der Waals surface area contributed by atoms with E-state index < -0.39 is 11.6 Å². The average molecular weight is 292 g/mol. The second-order valence-electron chi connectivity index (χ2n) is 6.30. The molecule has 116 valence electrons. The van der Waals surface area contributed by atoms with Crippen molar-refractivity contribution in [2.75, 3.05) is 0 Å². The molecule has 0 radical (unpaired) electrons. The van der Waals surface area contributed by atoms with Crippen LogP contribution in [0.1, 0.15) is 52.8 Å². The van der Waals surface area contributed by atoms with E-state index in [-0.39, 0.29) is 17.9 Å². The van der Waals surface area contributed by atoms with E-state index in [2.05, 4.69) is 10.4 Å². The van der Waals surface area contributed by atoms with Gasteiger partial charge in [-0.1, -0.05) is 6.92 Å². The van der Waals surface area contributed by atoms with Gasteiger partial charge in [0.1, 0.15) is 11.6 Å². The van der Waals surface area contributed by atoms with Gasteiger partial charge in [-0.15, -0.1) is 0 Å². The maximum Gasteiger partial charge on any atom is 0.246 e. The number of carbonyl (C=O) groups excluding carboxylic acids is 2. The number of aromatic nitrogens is 2. The zero-order valence-electron chi connectivity index (χ0n) is 13.4. The van der Waals surface area contributed by atoms with Gasteiger partial charge in [0.05, 0.1) is 12.2 Å². The van der Waals surface area contributed by atoms with E-state index in [9.17, 15) is 9.59 Å². The summed E-state index contributed by atoms with van der Waals surface area (Å²) in [5.41, 5.74) is -0.0562. The molecule has 0 aliphatic carbocycles. The number of carbonyl (C=O) groups is 2. The van der Waals surface area contributed by atoms with Crippen LogP contribution in [-0.2, 0) is 16.1 Å².